The largest absolute Gasteiger partial charge is 0.493 e. The maximum Gasteiger partial charge on any atom is 0.241 e. The van der Waals surface area contributed by atoms with Crippen LogP contribution in [0.1, 0.15) is 31.0 Å². The molecule has 1 amide bonds. The van der Waals surface area contributed by atoms with Gasteiger partial charge in [0.15, 0.2) is 11.5 Å². The summed E-state index contributed by atoms with van der Waals surface area (Å²) in [4.78, 5) is 12.6. The van der Waals surface area contributed by atoms with Gasteiger partial charge in [0.1, 0.15) is 6.04 Å². The molecule has 142 valence electrons. The number of ether oxygens (including phenoxy) is 2. The Balaban J connectivity index is 2.10. The van der Waals surface area contributed by atoms with Crippen LogP contribution in [-0.4, -0.2) is 43.5 Å². The Morgan fingerprint density at radius 3 is 2.50 bits per heavy atom. The standard InChI is InChI=1S/C19H28N4O3/c1-19(2,14-7-8-15(25-5)16(9-14)26-6)12-21-18(24)17(20-3)13-10-22-23(4)11-13/h7-11,17,20H,12H2,1-6H3,(H,21,24). The lowest BCUT2D eigenvalue weighted by Crippen LogP contribution is -2.42. The zero-order chi connectivity index (χ0) is 19.3. The Kier molecular flexibility index (Phi) is 6.26. The summed E-state index contributed by atoms with van der Waals surface area (Å²) in [5.74, 6) is 1.27. The van der Waals surface area contributed by atoms with Crippen molar-refractivity contribution in [3.63, 3.8) is 0 Å². The van der Waals surface area contributed by atoms with Gasteiger partial charge in [0.2, 0.25) is 5.91 Å². The average Bonchev–Trinajstić information content (AvgIpc) is 3.06. The molecule has 0 spiro atoms. The van der Waals surface area contributed by atoms with Crippen LogP contribution >= 0.6 is 0 Å². The van der Waals surface area contributed by atoms with Crippen LogP contribution in [0, 0.1) is 0 Å². The highest BCUT2D eigenvalue weighted by Gasteiger charge is 2.26. The first kappa shape index (κ1) is 19.8. The van der Waals surface area contributed by atoms with Gasteiger partial charge in [-0.3, -0.25) is 9.48 Å². The van der Waals surface area contributed by atoms with Crippen LogP contribution in [-0.2, 0) is 17.3 Å². The van der Waals surface area contributed by atoms with E-state index in [0.717, 1.165) is 11.1 Å². The number of methoxy groups -OCH3 is 2. The molecule has 1 heterocycles. The predicted molar refractivity (Wildman–Crippen MR) is 101 cm³/mol. The van der Waals surface area contributed by atoms with E-state index in [1.54, 1.807) is 32.1 Å². The molecule has 0 aliphatic carbocycles. The first-order valence-corrected chi connectivity index (χ1v) is 8.48. The number of aryl methyl sites for hydroxylation is 1. The summed E-state index contributed by atoms with van der Waals surface area (Å²) in [6, 6.07) is 5.38. The van der Waals surface area contributed by atoms with Gasteiger partial charge in [-0.05, 0) is 24.7 Å². The molecule has 2 rings (SSSR count). The lowest BCUT2D eigenvalue weighted by molar-refractivity contribution is -0.123. The quantitative estimate of drug-likeness (QED) is 0.751. The summed E-state index contributed by atoms with van der Waals surface area (Å²) in [7, 11) is 6.81. The van der Waals surface area contributed by atoms with Crippen LogP contribution in [0.2, 0.25) is 0 Å². The van der Waals surface area contributed by atoms with Crippen molar-refractivity contribution < 1.29 is 14.3 Å². The number of likely N-dealkylation sites (N-methyl/N-ethyl adjacent to an activating group) is 1. The van der Waals surface area contributed by atoms with Crippen LogP contribution in [0.4, 0.5) is 0 Å². The maximum absolute atomic E-state index is 12.6. The van der Waals surface area contributed by atoms with E-state index in [9.17, 15) is 4.79 Å². The molecule has 0 saturated carbocycles. The number of benzene rings is 1. The Hall–Kier alpha value is -2.54. The fraction of sp³-hybridized carbons (Fsp3) is 0.474. The molecule has 26 heavy (non-hydrogen) atoms. The van der Waals surface area contributed by atoms with E-state index in [1.807, 2.05) is 31.4 Å². The smallest absolute Gasteiger partial charge is 0.241 e. The van der Waals surface area contributed by atoms with Crippen molar-refractivity contribution >= 4 is 5.91 Å². The molecule has 2 N–H and O–H groups in total. The molecule has 0 bridgehead atoms. The Morgan fingerprint density at radius 2 is 1.96 bits per heavy atom. The van der Waals surface area contributed by atoms with Gasteiger partial charge in [-0.25, -0.2) is 0 Å². The number of aromatic nitrogens is 2. The Labute approximate surface area is 154 Å². The molecule has 0 fully saturated rings. The van der Waals surface area contributed by atoms with Crippen molar-refractivity contribution in [1.29, 1.82) is 0 Å². The first-order chi connectivity index (χ1) is 12.3. The number of amides is 1. The van der Waals surface area contributed by atoms with Crippen LogP contribution in [0.25, 0.3) is 0 Å². The molecule has 1 aromatic carbocycles. The summed E-state index contributed by atoms with van der Waals surface area (Å²) in [5, 5.41) is 10.2. The molecule has 1 aromatic heterocycles. The minimum atomic E-state index is -0.440. The van der Waals surface area contributed by atoms with Gasteiger partial charge in [-0.15, -0.1) is 0 Å². The summed E-state index contributed by atoms with van der Waals surface area (Å²) in [5.41, 5.74) is 1.61. The van der Waals surface area contributed by atoms with Gasteiger partial charge in [-0.2, -0.15) is 5.10 Å². The highest BCUT2D eigenvalue weighted by atomic mass is 16.5. The predicted octanol–water partition coefficient (Wildman–Crippen LogP) is 1.79. The summed E-state index contributed by atoms with van der Waals surface area (Å²) < 4.78 is 12.4. The Bertz CT molecular complexity index is 755. The lowest BCUT2D eigenvalue weighted by Gasteiger charge is -2.27. The van der Waals surface area contributed by atoms with Crippen LogP contribution < -0.4 is 20.1 Å². The van der Waals surface area contributed by atoms with E-state index in [1.165, 1.54) is 0 Å². The third kappa shape index (κ3) is 4.35. The summed E-state index contributed by atoms with van der Waals surface area (Å²) in [6.07, 6.45) is 3.53. The maximum atomic E-state index is 12.6. The van der Waals surface area contributed by atoms with Crippen LogP contribution in [0.5, 0.6) is 11.5 Å². The molecule has 2 aromatic rings. The number of nitrogens with zero attached hydrogens (tertiary/aromatic N) is 2. The molecule has 0 radical (unpaired) electrons. The van der Waals surface area contributed by atoms with Gasteiger partial charge >= 0.3 is 0 Å². The van der Waals surface area contributed by atoms with E-state index >= 15 is 0 Å². The summed E-state index contributed by atoms with van der Waals surface area (Å²) in [6.45, 7) is 4.64. The molecular weight excluding hydrogens is 332 g/mol. The van der Waals surface area contributed by atoms with Gasteiger partial charge in [0.05, 0.1) is 20.4 Å². The second-order valence-electron chi connectivity index (χ2n) is 6.84. The first-order valence-electron chi connectivity index (χ1n) is 8.48. The van der Waals surface area contributed by atoms with E-state index < -0.39 is 6.04 Å². The van der Waals surface area contributed by atoms with E-state index in [2.05, 4.69) is 29.6 Å². The molecule has 1 unspecified atom stereocenters. The zero-order valence-corrected chi connectivity index (χ0v) is 16.3. The number of carbonyl (C=O) groups excluding carboxylic acids is 1. The molecule has 0 saturated heterocycles. The van der Waals surface area contributed by atoms with Gasteiger partial charge in [0.25, 0.3) is 0 Å². The Morgan fingerprint density at radius 1 is 1.27 bits per heavy atom. The van der Waals surface area contributed by atoms with Crippen LogP contribution in [0.3, 0.4) is 0 Å². The molecule has 0 aliphatic rings. The van der Waals surface area contributed by atoms with Crippen molar-refractivity contribution in [3.05, 3.63) is 41.7 Å². The molecule has 7 heteroatoms. The number of hydrogen-bond donors (Lipinski definition) is 2. The van der Waals surface area contributed by atoms with E-state index in [0.29, 0.717) is 18.0 Å². The van der Waals surface area contributed by atoms with E-state index in [-0.39, 0.29) is 11.3 Å². The average molecular weight is 360 g/mol. The number of rotatable bonds is 8. The third-order valence-electron chi connectivity index (χ3n) is 4.48. The van der Waals surface area contributed by atoms with Crippen molar-refractivity contribution in [1.82, 2.24) is 20.4 Å². The fourth-order valence-corrected chi connectivity index (χ4v) is 2.81. The molecular formula is C19H28N4O3. The molecule has 1 atom stereocenters. The van der Waals surface area contributed by atoms with Gasteiger partial charge in [-0.1, -0.05) is 19.9 Å². The number of hydrogen-bond acceptors (Lipinski definition) is 5. The van der Waals surface area contributed by atoms with E-state index in [4.69, 9.17) is 9.47 Å². The van der Waals surface area contributed by atoms with Gasteiger partial charge in [0, 0.05) is 30.8 Å². The highest BCUT2D eigenvalue weighted by molar-refractivity contribution is 5.83. The summed E-state index contributed by atoms with van der Waals surface area (Å²) >= 11 is 0. The monoisotopic (exact) mass is 360 g/mol. The van der Waals surface area contributed by atoms with Gasteiger partial charge < -0.3 is 20.1 Å². The SMILES string of the molecule is CNC(C(=O)NCC(C)(C)c1ccc(OC)c(OC)c1)c1cnn(C)c1. The van der Waals surface area contributed by atoms with Crippen molar-refractivity contribution in [2.75, 3.05) is 27.8 Å². The third-order valence-corrected chi connectivity index (χ3v) is 4.48. The van der Waals surface area contributed by atoms with Crippen LogP contribution in [0.15, 0.2) is 30.6 Å². The molecule has 0 aliphatic heterocycles. The fourth-order valence-electron chi connectivity index (χ4n) is 2.81. The zero-order valence-electron chi connectivity index (χ0n) is 16.3. The number of carbonyl (C=O) groups is 1. The topological polar surface area (TPSA) is 77.4 Å². The highest BCUT2D eigenvalue weighted by Crippen LogP contribution is 2.33. The lowest BCUT2D eigenvalue weighted by atomic mass is 9.84. The minimum absolute atomic E-state index is 0.0888. The second-order valence-corrected chi connectivity index (χ2v) is 6.84. The number of nitrogens with one attached hydrogen (secondary N) is 2. The van der Waals surface area contributed by atoms with Crippen molar-refractivity contribution in [2.24, 2.45) is 7.05 Å². The van der Waals surface area contributed by atoms with Crippen molar-refractivity contribution in [3.8, 4) is 11.5 Å². The normalized spacial score (nSPS) is 12.5. The van der Waals surface area contributed by atoms with Crippen molar-refractivity contribution in [2.45, 2.75) is 25.3 Å². The minimum Gasteiger partial charge on any atom is -0.493 e. The second kappa shape index (κ2) is 8.23. The molecule has 7 nitrogen and oxygen atoms in total.